The first-order valence-electron chi connectivity index (χ1n) is 11.5. The van der Waals surface area contributed by atoms with Crippen LogP contribution in [0, 0.1) is 5.82 Å². The van der Waals surface area contributed by atoms with Crippen molar-refractivity contribution in [2.75, 3.05) is 32.8 Å². The first-order chi connectivity index (χ1) is 15.3. The zero-order chi connectivity index (χ0) is 22.7. The number of ether oxygens (including phenoxy) is 1. The second-order valence-electron chi connectivity index (χ2n) is 9.44. The summed E-state index contributed by atoms with van der Waals surface area (Å²) < 4.78 is 20.4. The molecule has 1 aliphatic carbocycles. The van der Waals surface area contributed by atoms with Gasteiger partial charge < -0.3 is 15.4 Å². The van der Waals surface area contributed by atoms with E-state index in [1.807, 2.05) is 11.7 Å². The molecule has 0 radical (unpaired) electrons. The van der Waals surface area contributed by atoms with Crippen molar-refractivity contribution < 1.29 is 13.9 Å². The molecule has 0 saturated carbocycles. The molecule has 4 rings (SSSR count). The Labute approximate surface area is 189 Å². The highest BCUT2D eigenvalue weighted by Crippen LogP contribution is 2.25. The minimum absolute atomic E-state index is 0.0500. The van der Waals surface area contributed by atoms with Gasteiger partial charge in [0.05, 0.1) is 13.2 Å². The standard InChI is InChI=1S/C24H34FN5O2/c1-24(2,30-10-12-32-13-11-30)16-27-19-8-9-21-20(14-19)22(28-29(21)3)23(31)26-15-17-4-6-18(25)7-5-17/h4-7,19,27H,8-16H2,1-3H3,(H,26,31). The fraction of sp³-hybridized carbons (Fsp3) is 0.583. The number of nitrogens with zero attached hydrogens (tertiary/aromatic N) is 3. The van der Waals surface area contributed by atoms with E-state index >= 15 is 0 Å². The molecule has 8 heteroatoms. The molecule has 1 saturated heterocycles. The number of aryl methyl sites for hydroxylation is 1. The Bertz CT molecular complexity index is 935. The molecule has 1 aliphatic heterocycles. The monoisotopic (exact) mass is 443 g/mol. The van der Waals surface area contributed by atoms with Crippen LogP contribution in [0.25, 0.3) is 0 Å². The van der Waals surface area contributed by atoms with Crippen molar-refractivity contribution in [1.29, 1.82) is 0 Å². The quantitative estimate of drug-likeness (QED) is 0.685. The Kier molecular flexibility index (Phi) is 6.93. The van der Waals surface area contributed by atoms with Crippen LogP contribution in [-0.4, -0.2) is 65.0 Å². The van der Waals surface area contributed by atoms with E-state index < -0.39 is 0 Å². The molecule has 7 nitrogen and oxygen atoms in total. The van der Waals surface area contributed by atoms with Gasteiger partial charge in [0.25, 0.3) is 5.91 Å². The number of fused-ring (bicyclic) bond motifs is 1. The number of nitrogens with one attached hydrogen (secondary N) is 2. The van der Waals surface area contributed by atoms with E-state index in [1.54, 1.807) is 12.1 Å². The van der Waals surface area contributed by atoms with Crippen molar-refractivity contribution in [3.05, 3.63) is 52.6 Å². The zero-order valence-corrected chi connectivity index (χ0v) is 19.3. The van der Waals surface area contributed by atoms with Crippen LogP contribution < -0.4 is 10.6 Å². The normalized spacial score (nSPS) is 19.6. The van der Waals surface area contributed by atoms with Gasteiger partial charge >= 0.3 is 0 Å². The average molecular weight is 444 g/mol. The molecule has 1 fully saturated rings. The van der Waals surface area contributed by atoms with E-state index in [2.05, 4.69) is 34.5 Å². The predicted octanol–water partition coefficient (Wildman–Crippen LogP) is 2.05. The van der Waals surface area contributed by atoms with Crippen LogP contribution in [0.2, 0.25) is 0 Å². The van der Waals surface area contributed by atoms with E-state index in [4.69, 9.17) is 4.74 Å². The highest BCUT2D eigenvalue weighted by Gasteiger charge is 2.32. The van der Waals surface area contributed by atoms with Gasteiger partial charge in [-0.2, -0.15) is 5.10 Å². The summed E-state index contributed by atoms with van der Waals surface area (Å²) in [7, 11) is 1.91. The van der Waals surface area contributed by atoms with Crippen molar-refractivity contribution in [3.63, 3.8) is 0 Å². The van der Waals surface area contributed by atoms with Gasteiger partial charge in [0.1, 0.15) is 5.82 Å². The van der Waals surface area contributed by atoms with Crippen LogP contribution in [0.15, 0.2) is 24.3 Å². The maximum absolute atomic E-state index is 13.1. The Hall–Kier alpha value is -2.29. The molecule has 0 bridgehead atoms. The lowest BCUT2D eigenvalue weighted by molar-refractivity contribution is -0.0104. The fourth-order valence-corrected chi connectivity index (χ4v) is 4.69. The molecule has 0 spiro atoms. The van der Waals surface area contributed by atoms with Crippen LogP contribution in [0.1, 0.15) is 47.6 Å². The minimum atomic E-state index is -0.283. The number of rotatable bonds is 7. The van der Waals surface area contributed by atoms with Gasteiger partial charge in [-0.3, -0.25) is 14.4 Å². The maximum Gasteiger partial charge on any atom is 0.272 e. The Morgan fingerprint density at radius 3 is 2.69 bits per heavy atom. The number of benzene rings is 1. The lowest BCUT2D eigenvalue weighted by atomic mass is 9.90. The number of aromatic nitrogens is 2. The molecular formula is C24H34FN5O2. The van der Waals surface area contributed by atoms with E-state index in [0.717, 1.165) is 68.9 Å². The topological polar surface area (TPSA) is 71.4 Å². The molecular weight excluding hydrogens is 409 g/mol. The molecule has 1 unspecified atom stereocenters. The zero-order valence-electron chi connectivity index (χ0n) is 19.3. The van der Waals surface area contributed by atoms with Crippen molar-refractivity contribution in [1.82, 2.24) is 25.3 Å². The van der Waals surface area contributed by atoms with Crippen molar-refractivity contribution in [2.45, 2.75) is 51.2 Å². The summed E-state index contributed by atoms with van der Waals surface area (Å²) in [6.07, 6.45) is 2.73. The molecule has 2 aromatic rings. The molecule has 2 N–H and O–H groups in total. The third kappa shape index (κ3) is 5.19. The first-order valence-corrected chi connectivity index (χ1v) is 11.5. The summed E-state index contributed by atoms with van der Waals surface area (Å²) >= 11 is 0. The number of halogens is 1. The predicted molar refractivity (Wildman–Crippen MR) is 121 cm³/mol. The number of carbonyl (C=O) groups is 1. The van der Waals surface area contributed by atoms with Gasteiger partial charge in [0, 0.05) is 56.1 Å². The molecule has 1 aromatic carbocycles. The number of morpholine rings is 1. The SMILES string of the molecule is Cn1nc(C(=O)NCc2ccc(F)cc2)c2c1CCC(NCC(C)(C)N1CCOCC1)C2. The maximum atomic E-state index is 13.1. The van der Waals surface area contributed by atoms with E-state index in [0.29, 0.717) is 18.3 Å². The van der Waals surface area contributed by atoms with Gasteiger partial charge in [-0.05, 0) is 50.8 Å². The Morgan fingerprint density at radius 1 is 1.25 bits per heavy atom. The summed E-state index contributed by atoms with van der Waals surface area (Å²) in [5.74, 6) is -0.463. The van der Waals surface area contributed by atoms with E-state index in [9.17, 15) is 9.18 Å². The van der Waals surface area contributed by atoms with Gasteiger partial charge in [-0.1, -0.05) is 12.1 Å². The summed E-state index contributed by atoms with van der Waals surface area (Å²) in [4.78, 5) is 15.4. The van der Waals surface area contributed by atoms with Crippen LogP contribution in [0.4, 0.5) is 4.39 Å². The van der Waals surface area contributed by atoms with Crippen LogP contribution in [0.5, 0.6) is 0 Å². The second kappa shape index (κ2) is 9.68. The van der Waals surface area contributed by atoms with Crippen molar-refractivity contribution >= 4 is 5.91 Å². The van der Waals surface area contributed by atoms with Gasteiger partial charge in [0.15, 0.2) is 5.69 Å². The van der Waals surface area contributed by atoms with Crippen LogP contribution in [-0.2, 0) is 31.2 Å². The largest absolute Gasteiger partial charge is 0.379 e. The number of carbonyl (C=O) groups excluding carboxylic acids is 1. The molecule has 174 valence electrons. The molecule has 1 aromatic heterocycles. The summed E-state index contributed by atoms with van der Waals surface area (Å²) in [6, 6.07) is 6.48. The number of hydrogen-bond donors (Lipinski definition) is 2. The minimum Gasteiger partial charge on any atom is -0.379 e. The smallest absolute Gasteiger partial charge is 0.272 e. The molecule has 32 heavy (non-hydrogen) atoms. The number of hydrogen-bond acceptors (Lipinski definition) is 5. The molecule has 1 atom stereocenters. The highest BCUT2D eigenvalue weighted by atomic mass is 19.1. The second-order valence-corrected chi connectivity index (χ2v) is 9.44. The molecule has 2 aliphatic rings. The summed E-state index contributed by atoms with van der Waals surface area (Å²) in [6.45, 7) is 9.30. The van der Waals surface area contributed by atoms with Gasteiger partial charge in [-0.15, -0.1) is 0 Å². The summed E-state index contributed by atoms with van der Waals surface area (Å²) in [5.41, 5.74) is 3.59. The fourth-order valence-electron chi connectivity index (χ4n) is 4.69. The lowest BCUT2D eigenvalue weighted by Crippen LogP contribution is -2.56. The highest BCUT2D eigenvalue weighted by molar-refractivity contribution is 5.94. The third-order valence-corrected chi connectivity index (χ3v) is 6.73. The van der Waals surface area contributed by atoms with Crippen LogP contribution in [0.3, 0.4) is 0 Å². The summed E-state index contributed by atoms with van der Waals surface area (Å²) in [5, 5.41) is 11.2. The van der Waals surface area contributed by atoms with Gasteiger partial charge in [0.2, 0.25) is 0 Å². The lowest BCUT2D eigenvalue weighted by Gasteiger charge is -2.42. The molecule has 1 amide bonds. The van der Waals surface area contributed by atoms with Crippen LogP contribution >= 0.6 is 0 Å². The number of amides is 1. The average Bonchev–Trinajstić information content (AvgIpc) is 3.14. The van der Waals surface area contributed by atoms with Crippen molar-refractivity contribution in [3.8, 4) is 0 Å². The third-order valence-electron chi connectivity index (χ3n) is 6.73. The first kappa shape index (κ1) is 22.9. The van der Waals surface area contributed by atoms with Gasteiger partial charge in [-0.25, -0.2) is 4.39 Å². The Morgan fingerprint density at radius 2 is 1.97 bits per heavy atom. The van der Waals surface area contributed by atoms with E-state index in [1.165, 1.54) is 12.1 Å². The van der Waals surface area contributed by atoms with Crippen molar-refractivity contribution in [2.24, 2.45) is 7.05 Å². The van der Waals surface area contributed by atoms with E-state index in [-0.39, 0.29) is 17.3 Å². The molecule has 2 heterocycles. The Balaban J connectivity index is 1.38.